The molecular formula is C6H6BrIN2. The van der Waals surface area contributed by atoms with E-state index in [-0.39, 0.29) is 0 Å². The number of aromatic nitrogens is 1. The Hall–Kier alpha value is 0.160. The third-order valence-electron chi connectivity index (χ3n) is 1.23. The van der Waals surface area contributed by atoms with Gasteiger partial charge in [-0.25, -0.2) is 4.98 Å². The summed E-state index contributed by atoms with van der Waals surface area (Å²) in [4.78, 5) is 3.96. The van der Waals surface area contributed by atoms with Crippen molar-refractivity contribution in [1.29, 1.82) is 0 Å². The van der Waals surface area contributed by atoms with Crippen LogP contribution in [-0.4, -0.2) is 4.98 Å². The monoisotopic (exact) mass is 312 g/mol. The molecule has 0 aliphatic rings. The van der Waals surface area contributed by atoms with E-state index in [1.165, 1.54) is 0 Å². The van der Waals surface area contributed by atoms with E-state index in [9.17, 15) is 0 Å². The molecule has 0 spiro atoms. The molecule has 4 heteroatoms. The third kappa shape index (κ3) is 1.42. The van der Waals surface area contributed by atoms with Gasteiger partial charge in [0.2, 0.25) is 0 Å². The highest BCUT2D eigenvalue weighted by molar-refractivity contribution is 14.1. The van der Waals surface area contributed by atoms with Crippen LogP contribution < -0.4 is 5.73 Å². The summed E-state index contributed by atoms with van der Waals surface area (Å²) in [6.45, 7) is 2.00. The number of hydrogen-bond donors (Lipinski definition) is 1. The lowest BCUT2D eigenvalue weighted by atomic mass is 10.3. The summed E-state index contributed by atoms with van der Waals surface area (Å²) in [5.74, 6) is 0.554. The molecule has 54 valence electrons. The normalized spacial score (nSPS) is 9.90. The van der Waals surface area contributed by atoms with E-state index in [4.69, 9.17) is 5.73 Å². The van der Waals surface area contributed by atoms with Crippen molar-refractivity contribution in [2.24, 2.45) is 0 Å². The molecule has 0 unspecified atom stereocenters. The highest BCUT2D eigenvalue weighted by atomic mass is 127. The van der Waals surface area contributed by atoms with Crippen molar-refractivity contribution in [1.82, 2.24) is 4.98 Å². The van der Waals surface area contributed by atoms with Crippen LogP contribution in [0.4, 0.5) is 5.82 Å². The van der Waals surface area contributed by atoms with Gasteiger partial charge >= 0.3 is 0 Å². The summed E-state index contributed by atoms with van der Waals surface area (Å²) in [6.07, 6.45) is 1.76. The van der Waals surface area contributed by atoms with Gasteiger partial charge in [0.1, 0.15) is 5.82 Å². The van der Waals surface area contributed by atoms with Crippen molar-refractivity contribution in [3.63, 3.8) is 0 Å². The predicted molar refractivity (Wildman–Crippen MR) is 53.8 cm³/mol. The lowest BCUT2D eigenvalue weighted by Gasteiger charge is -2.01. The van der Waals surface area contributed by atoms with Gasteiger partial charge in [0.05, 0.1) is 4.47 Å². The zero-order chi connectivity index (χ0) is 7.72. The predicted octanol–water partition coefficient (Wildman–Crippen LogP) is 2.34. The molecule has 1 aromatic heterocycles. The number of pyridine rings is 1. The van der Waals surface area contributed by atoms with Crippen LogP contribution in [0.1, 0.15) is 5.56 Å². The van der Waals surface area contributed by atoms with Crippen LogP contribution >= 0.6 is 38.5 Å². The zero-order valence-electron chi connectivity index (χ0n) is 5.36. The molecule has 0 bridgehead atoms. The fraction of sp³-hybridized carbons (Fsp3) is 0.167. The quantitative estimate of drug-likeness (QED) is 0.747. The van der Waals surface area contributed by atoms with E-state index in [2.05, 4.69) is 43.5 Å². The Morgan fingerprint density at radius 3 is 2.80 bits per heavy atom. The van der Waals surface area contributed by atoms with Gasteiger partial charge in [-0.05, 0) is 51.0 Å². The summed E-state index contributed by atoms with van der Waals surface area (Å²) in [6, 6.07) is 0. The molecule has 10 heavy (non-hydrogen) atoms. The number of halogens is 2. The minimum Gasteiger partial charge on any atom is -0.383 e. The fourth-order valence-electron chi connectivity index (χ4n) is 0.577. The van der Waals surface area contributed by atoms with Crippen LogP contribution in [-0.2, 0) is 0 Å². The van der Waals surface area contributed by atoms with Crippen LogP contribution in [0, 0.1) is 10.5 Å². The number of nitrogen functional groups attached to an aromatic ring is 1. The van der Waals surface area contributed by atoms with E-state index in [0.29, 0.717) is 5.82 Å². The van der Waals surface area contributed by atoms with Gasteiger partial charge in [-0.15, -0.1) is 0 Å². The largest absolute Gasteiger partial charge is 0.383 e. The van der Waals surface area contributed by atoms with Gasteiger partial charge in [0.25, 0.3) is 0 Å². The second-order valence-corrected chi connectivity index (χ2v) is 3.89. The molecule has 0 aromatic carbocycles. The highest BCUT2D eigenvalue weighted by Crippen LogP contribution is 2.24. The maximum absolute atomic E-state index is 5.53. The lowest BCUT2D eigenvalue weighted by molar-refractivity contribution is 1.24. The first-order valence-electron chi connectivity index (χ1n) is 2.69. The number of rotatable bonds is 0. The maximum Gasteiger partial charge on any atom is 0.138 e. The standard InChI is InChI=1S/C6H6BrIN2/c1-3-4(8)2-10-6(9)5(3)7/h2H,1H3,(H2,9,10). The molecule has 0 saturated heterocycles. The molecule has 2 nitrogen and oxygen atoms in total. The minimum atomic E-state index is 0.554. The van der Waals surface area contributed by atoms with E-state index < -0.39 is 0 Å². The first-order chi connectivity index (χ1) is 4.63. The van der Waals surface area contributed by atoms with Gasteiger partial charge in [0.15, 0.2) is 0 Å². The molecular weight excluding hydrogens is 307 g/mol. The fourth-order valence-corrected chi connectivity index (χ4v) is 1.67. The molecule has 0 fully saturated rings. The Morgan fingerprint density at radius 2 is 2.30 bits per heavy atom. The Morgan fingerprint density at radius 1 is 1.70 bits per heavy atom. The molecule has 0 amide bonds. The molecule has 0 radical (unpaired) electrons. The Labute approximate surface area is 81.5 Å². The van der Waals surface area contributed by atoms with Crippen LogP contribution in [0.2, 0.25) is 0 Å². The van der Waals surface area contributed by atoms with Gasteiger partial charge in [-0.3, -0.25) is 0 Å². The van der Waals surface area contributed by atoms with E-state index in [1.807, 2.05) is 6.92 Å². The third-order valence-corrected chi connectivity index (χ3v) is 3.32. The lowest BCUT2D eigenvalue weighted by Crippen LogP contribution is -1.94. The number of nitrogens with two attached hydrogens (primary N) is 1. The summed E-state index contributed by atoms with van der Waals surface area (Å²) >= 11 is 5.56. The van der Waals surface area contributed by atoms with Crippen LogP contribution in [0.3, 0.4) is 0 Å². The zero-order valence-corrected chi connectivity index (χ0v) is 9.10. The molecule has 2 N–H and O–H groups in total. The molecule has 0 aliphatic carbocycles. The second-order valence-electron chi connectivity index (χ2n) is 1.93. The smallest absolute Gasteiger partial charge is 0.138 e. The van der Waals surface area contributed by atoms with Crippen molar-refractivity contribution >= 4 is 44.3 Å². The summed E-state index contributed by atoms with van der Waals surface area (Å²) < 4.78 is 2.03. The molecule has 1 aromatic rings. The molecule has 0 saturated carbocycles. The Balaban J connectivity index is 3.34. The average Bonchev–Trinajstić information content (AvgIpc) is 1.93. The summed E-state index contributed by atoms with van der Waals surface area (Å²) in [7, 11) is 0. The average molecular weight is 313 g/mol. The highest BCUT2D eigenvalue weighted by Gasteiger charge is 2.02. The topological polar surface area (TPSA) is 38.9 Å². The van der Waals surface area contributed by atoms with Crippen molar-refractivity contribution in [3.8, 4) is 0 Å². The first kappa shape index (κ1) is 8.26. The van der Waals surface area contributed by atoms with E-state index in [0.717, 1.165) is 13.6 Å². The number of anilines is 1. The molecule has 1 rings (SSSR count). The van der Waals surface area contributed by atoms with Crippen molar-refractivity contribution in [2.75, 3.05) is 5.73 Å². The van der Waals surface area contributed by atoms with Gasteiger partial charge in [0, 0.05) is 9.77 Å². The first-order valence-corrected chi connectivity index (χ1v) is 4.56. The molecule has 0 atom stereocenters. The van der Waals surface area contributed by atoms with Gasteiger partial charge in [-0.1, -0.05) is 0 Å². The van der Waals surface area contributed by atoms with Gasteiger partial charge in [-0.2, -0.15) is 0 Å². The Bertz CT molecular complexity index is 235. The van der Waals surface area contributed by atoms with Crippen molar-refractivity contribution in [2.45, 2.75) is 6.92 Å². The Kier molecular flexibility index (Phi) is 2.51. The number of nitrogens with zero attached hydrogens (tertiary/aromatic N) is 1. The summed E-state index contributed by atoms with van der Waals surface area (Å²) in [5, 5.41) is 0. The van der Waals surface area contributed by atoms with Crippen molar-refractivity contribution < 1.29 is 0 Å². The van der Waals surface area contributed by atoms with Crippen LogP contribution in [0.5, 0.6) is 0 Å². The number of hydrogen-bond acceptors (Lipinski definition) is 2. The summed E-state index contributed by atoms with van der Waals surface area (Å²) in [5.41, 5.74) is 6.67. The van der Waals surface area contributed by atoms with E-state index >= 15 is 0 Å². The molecule has 1 heterocycles. The SMILES string of the molecule is Cc1c(I)cnc(N)c1Br. The second kappa shape index (κ2) is 3.04. The van der Waals surface area contributed by atoms with E-state index in [1.54, 1.807) is 6.20 Å². The van der Waals surface area contributed by atoms with Gasteiger partial charge < -0.3 is 5.73 Å². The minimum absolute atomic E-state index is 0.554. The van der Waals surface area contributed by atoms with Crippen molar-refractivity contribution in [3.05, 3.63) is 19.8 Å². The maximum atomic E-state index is 5.53. The van der Waals surface area contributed by atoms with Crippen LogP contribution in [0.25, 0.3) is 0 Å². The molecule has 0 aliphatic heterocycles. The van der Waals surface area contributed by atoms with Crippen LogP contribution in [0.15, 0.2) is 10.7 Å².